The Morgan fingerprint density at radius 3 is 2.14 bits per heavy atom. The van der Waals surface area contributed by atoms with Crippen LogP contribution in [0.25, 0.3) is 64.7 Å². The van der Waals surface area contributed by atoms with E-state index < -0.39 is 0 Å². The molecule has 0 spiro atoms. The Labute approximate surface area is 244 Å². The van der Waals surface area contributed by atoms with Crippen molar-refractivity contribution in [3.8, 4) is 11.5 Å². The van der Waals surface area contributed by atoms with Gasteiger partial charge in [0.2, 0.25) is 5.89 Å². The Balaban J connectivity index is 1.23. The fourth-order valence-corrected chi connectivity index (χ4v) is 7.04. The van der Waals surface area contributed by atoms with E-state index in [1.54, 1.807) is 0 Å². The Hall–Kier alpha value is -5.39. The fourth-order valence-electron chi connectivity index (χ4n) is 5.96. The third-order valence-corrected chi connectivity index (χ3v) is 9.04. The van der Waals surface area contributed by atoms with Crippen molar-refractivity contribution in [2.75, 3.05) is 4.90 Å². The van der Waals surface area contributed by atoms with Crippen molar-refractivity contribution >= 4 is 81.6 Å². The normalized spacial score (nSPS) is 11.8. The highest BCUT2D eigenvalue weighted by Gasteiger charge is 2.19. The molecule has 0 unspecified atom stereocenters. The van der Waals surface area contributed by atoms with Gasteiger partial charge in [-0.2, -0.15) is 0 Å². The van der Waals surface area contributed by atoms with E-state index in [2.05, 4.69) is 89.8 Å². The molecular weight excluding hydrogens is 536 g/mol. The van der Waals surface area contributed by atoms with Crippen molar-refractivity contribution in [1.29, 1.82) is 0 Å². The minimum absolute atomic E-state index is 0.607. The molecule has 6 aromatic carbocycles. The van der Waals surface area contributed by atoms with Gasteiger partial charge in [-0.1, -0.05) is 54.6 Å². The maximum atomic E-state index is 6.44. The molecule has 0 radical (unpaired) electrons. The topological polar surface area (TPSA) is 42.4 Å². The van der Waals surface area contributed by atoms with Gasteiger partial charge in [-0.3, -0.25) is 0 Å². The van der Waals surface area contributed by atoms with Crippen LogP contribution in [0.3, 0.4) is 0 Å². The molecule has 0 fully saturated rings. The van der Waals surface area contributed by atoms with Crippen LogP contribution < -0.4 is 4.90 Å². The van der Waals surface area contributed by atoms with E-state index in [4.69, 9.17) is 13.8 Å². The van der Waals surface area contributed by atoms with Crippen LogP contribution in [0.5, 0.6) is 0 Å². The molecule has 3 heterocycles. The van der Waals surface area contributed by atoms with Gasteiger partial charge in [-0.25, -0.2) is 4.98 Å². The number of para-hydroxylation sites is 1. The number of benzene rings is 6. The zero-order chi connectivity index (χ0) is 27.6. The molecule has 0 aliphatic heterocycles. The molecule has 42 heavy (non-hydrogen) atoms. The van der Waals surface area contributed by atoms with Gasteiger partial charge in [0, 0.05) is 54.3 Å². The lowest BCUT2D eigenvalue weighted by molar-refractivity contribution is 0.622. The lowest BCUT2D eigenvalue weighted by Gasteiger charge is -2.25. The summed E-state index contributed by atoms with van der Waals surface area (Å²) < 4.78 is 15.4. The average molecular weight is 559 g/mol. The third-order valence-electron chi connectivity index (χ3n) is 7.89. The highest BCUT2D eigenvalue weighted by Crippen LogP contribution is 2.43. The third kappa shape index (κ3) is 3.57. The molecule has 0 atom stereocenters. The summed E-state index contributed by atoms with van der Waals surface area (Å²) in [4.78, 5) is 7.06. The Morgan fingerprint density at radius 1 is 0.524 bits per heavy atom. The molecule has 0 bridgehead atoms. The molecule has 9 aromatic rings. The van der Waals surface area contributed by atoms with Crippen LogP contribution in [-0.2, 0) is 0 Å². The van der Waals surface area contributed by atoms with Crippen molar-refractivity contribution in [2.24, 2.45) is 0 Å². The first-order valence-electron chi connectivity index (χ1n) is 13.9. The van der Waals surface area contributed by atoms with Crippen LogP contribution in [0.2, 0.25) is 0 Å². The minimum Gasteiger partial charge on any atom is -0.456 e. The minimum atomic E-state index is 0.607. The molecule has 5 heteroatoms. The van der Waals surface area contributed by atoms with Crippen molar-refractivity contribution in [1.82, 2.24) is 4.98 Å². The largest absolute Gasteiger partial charge is 0.456 e. The van der Waals surface area contributed by atoms with Crippen LogP contribution in [-0.4, -0.2) is 4.98 Å². The number of aromatic nitrogens is 1. The Kier molecular flexibility index (Phi) is 5.03. The molecule has 9 rings (SSSR count). The van der Waals surface area contributed by atoms with Crippen LogP contribution in [0.4, 0.5) is 17.1 Å². The van der Waals surface area contributed by atoms with Gasteiger partial charge in [-0.15, -0.1) is 11.3 Å². The number of anilines is 3. The van der Waals surface area contributed by atoms with Gasteiger partial charge in [0.25, 0.3) is 0 Å². The van der Waals surface area contributed by atoms with Crippen molar-refractivity contribution in [3.05, 3.63) is 133 Å². The number of furan rings is 1. The van der Waals surface area contributed by atoms with Crippen molar-refractivity contribution < 1.29 is 8.83 Å². The molecule has 0 amide bonds. The number of hydrogen-bond donors (Lipinski definition) is 0. The summed E-state index contributed by atoms with van der Waals surface area (Å²) in [6.07, 6.45) is 0. The molecule has 0 saturated carbocycles. The molecule has 0 N–H and O–H groups in total. The fraction of sp³-hybridized carbons (Fsp3) is 0. The summed E-state index contributed by atoms with van der Waals surface area (Å²) in [5, 5.41) is 4.50. The molecule has 198 valence electrons. The van der Waals surface area contributed by atoms with E-state index >= 15 is 0 Å². The second-order valence-electron chi connectivity index (χ2n) is 10.4. The zero-order valence-electron chi connectivity index (χ0n) is 22.3. The van der Waals surface area contributed by atoms with Gasteiger partial charge in [0.15, 0.2) is 5.58 Å². The summed E-state index contributed by atoms with van der Waals surface area (Å²) in [5.41, 5.74) is 7.28. The number of rotatable bonds is 4. The molecule has 0 saturated heterocycles. The molecular formula is C37H22N2O2S. The Bertz CT molecular complexity index is 2420. The zero-order valence-corrected chi connectivity index (χ0v) is 23.1. The molecule has 0 aliphatic carbocycles. The van der Waals surface area contributed by atoms with Crippen LogP contribution >= 0.6 is 11.3 Å². The van der Waals surface area contributed by atoms with E-state index in [0.29, 0.717) is 5.89 Å². The lowest BCUT2D eigenvalue weighted by atomic mass is 10.1. The second-order valence-corrected chi connectivity index (χ2v) is 11.5. The quantitative estimate of drug-likeness (QED) is 0.215. The van der Waals surface area contributed by atoms with Gasteiger partial charge in [0.05, 0.1) is 5.39 Å². The molecule has 0 aliphatic rings. The number of fused-ring (bicyclic) bond motifs is 8. The second kappa shape index (κ2) is 9.06. The van der Waals surface area contributed by atoms with E-state index in [0.717, 1.165) is 55.7 Å². The van der Waals surface area contributed by atoms with E-state index in [9.17, 15) is 0 Å². The smallest absolute Gasteiger partial charge is 0.227 e. The van der Waals surface area contributed by atoms with Gasteiger partial charge < -0.3 is 13.7 Å². The van der Waals surface area contributed by atoms with E-state index in [1.165, 1.54) is 20.2 Å². The van der Waals surface area contributed by atoms with Crippen molar-refractivity contribution in [3.63, 3.8) is 0 Å². The average Bonchev–Trinajstić information content (AvgIpc) is 3.75. The van der Waals surface area contributed by atoms with Crippen LogP contribution in [0.1, 0.15) is 0 Å². The summed E-state index contributed by atoms with van der Waals surface area (Å²) >= 11 is 1.83. The summed E-state index contributed by atoms with van der Waals surface area (Å²) in [7, 11) is 0. The Morgan fingerprint density at radius 2 is 1.26 bits per heavy atom. The van der Waals surface area contributed by atoms with E-state index in [1.807, 2.05) is 59.9 Å². The SMILES string of the molecule is c1ccc(-c2nc3ccc4oc5cc(N(c6ccccc6)c6ccc7sc8ccccc8c7c6)ccc5c4c3o2)cc1. The maximum absolute atomic E-state index is 6.44. The van der Waals surface area contributed by atoms with Crippen LogP contribution in [0.15, 0.2) is 142 Å². The maximum Gasteiger partial charge on any atom is 0.227 e. The first kappa shape index (κ1) is 23.3. The van der Waals surface area contributed by atoms with Gasteiger partial charge in [0.1, 0.15) is 16.7 Å². The number of nitrogens with zero attached hydrogens (tertiary/aromatic N) is 2. The highest BCUT2D eigenvalue weighted by atomic mass is 32.1. The summed E-state index contributed by atoms with van der Waals surface area (Å²) in [6, 6.07) is 46.2. The highest BCUT2D eigenvalue weighted by molar-refractivity contribution is 7.25. The molecule has 4 nitrogen and oxygen atoms in total. The number of oxazole rings is 1. The standard InChI is InChI=1S/C37H22N2O2S/c1-3-9-23(10-4-1)37-38-30-18-19-31-35(36(30)41-37)28-17-15-26(22-32(28)40-31)39(24-11-5-2-6-12-24)25-16-20-34-29(21-25)27-13-7-8-14-33(27)42-34/h1-22H. The monoisotopic (exact) mass is 558 g/mol. The lowest BCUT2D eigenvalue weighted by Crippen LogP contribution is -2.09. The summed E-state index contributed by atoms with van der Waals surface area (Å²) in [6.45, 7) is 0. The predicted molar refractivity (Wildman–Crippen MR) is 174 cm³/mol. The van der Waals surface area contributed by atoms with Crippen LogP contribution in [0, 0.1) is 0 Å². The number of hydrogen-bond acceptors (Lipinski definition) is 5. The summed E-state index contributed by atoms with van der Waals surface area (Å²) in [5.74, 6) is 0.607. The predicted octanol–water partition coefficient (Wildman–Crippen LogP) is 11.2. The molecule has 3 aromatic heterocycles. The van der Waals surface area contributed by atoms with E-state index in [-0.39, 0.29) is 0 Å². The van der Waals surface area contributed by atoms with Gasteiger partial charge in [-0.05, 0) is 72.8 Å². The first-order chi connectivity index (χ1) is 20.8. The first-order valence-corrected chi connectivity index (χ1v) is 14.7. The number of thiophene rings is 1. The van der Waals surface area contributed by atoms with Crippen molar-refractivity contribution in [2.45, 2.75) is 0 Å². The van der Waals surface area contributed by atoms with Gasteiger partial charge >= 0.3 is 0 Å².